The van der Waals surface area contributed by atoms with Crippen LogP contribution in [0.15, 0.2) is 24.3 Å². The zero-order chi connectivity index (χ0) is 16.9. The molecule has 23 heavy (non-hydrogen) atoms. The van der Waals surface area contributed by atoms with Crippen LogP contribution >= 0.6 is 0 Å². The smallest absolute Gasteiger partial charge is 0.334 e. The summed E-state index contributed by atoms with van der Waals surface area (Å²) in [6, 6.07) is 0. The number of allylic oxidation sites excluding steroid dienone is 2. The molecule has 8 nitrogen and oxygen atoms in total. The average molecular weight is 341 g/mol. The predicted octanol–water partition coefficient (Wildman–Crippen LogP) is 0.132. The third-order valence-electron chi connectivity index (χ3n) is 4.30. The lowest BCUT2D eigenvalue weighted by molar-refractivity contribution is -0.166. The minimum Gasteiger partial charge on any atom is -0.443 e. The summed E-state index contributed by atoms with van der Waals surface area (Å²) >= 11 is 0. The third-order valence-corrected chi connectivity index (χ3v) is 5.08. The van der Waals surface area contributed by atoms with Gasteiger partial charge < -0.3 is 4.74 Å². The summed E-state index contributed by atoms with van der Waals surface area (Å²) in [6.45, 7) is 4.66. The lowest BCUT2D eigenvalue weighted by Gasteiger charge is -2.15. The topological polar surface area (TPSA) is 107 Å². The molecule has 124 valence electrons. The Balaban J connectivity index is 1.69. The van der Waals surface area contributed by atoms with Gasteiger partial charge in [-0.15, -0.1) is 9.35 Å². The van der Waals surface area contributed by atoms with Crippen molar-refractivity contribution < 1.29 is 31.8 Å². The van der Waals surface area contributed by atoms with E-state index in [0.29, 0.717) is 5.06 Å². The quantitative estimate of drug-likeness (QED) is 0.303. The van der Waals surface area contributed by atoms with Crippen molar-refractivity contribution in [2.45, 2.75) is 13.3 Å². The molecule has 0 aromatic rings. The number of hydrogen-bond acceptors (Lipinski definition) is 7. The number of nitrogens with zero attached hydrogens (tertiary/aromatic N) is 1. The van der Waals surface area contributed by atoms with Crippen LogP contribution in [0.25, 0.3) is 0 Å². The number of hydroxylamine groups is 2. The van der Waals surface area contributed by atoms with E-state index in [4.69, 9.17) is 0 Å². The van der Waals surface area contributed by atoms with E-state index >= 15 is 0 Å². The van der Waals surface area contributed by atoms with Crippen LogP contribution in [-0.2, 0) is 33.5 Å². The highest BCUT2D eigenvalue weighted by molar-refractivity contribution is 7.86. The maximum absolute atomic E-state index is 12.3. The molecule has 3 rings (SSSR count). The molecule has 9 heteroatoms. The lowest BCUT2D eigenvalue weighted by Crippen LogP contribution is -2.36. The Morgan fingerprint density at radius 1 is 1.26 bits per heavy atom. The lowest BCUT2D eigenvalue weighted by atomic mass is 9.85. The van der Waals surface area contributed by atoms with Gasteiger partial charge in [0.15, 0.2) is 0 Å². The number of ether oxygens (including phenoxy) is 1. The van der Waals surface area contributed by atoms with E-state index in [1.807, 2.05) is 12.2 Å². The number of esters is 1. The molecule has 1 saturated carbocycles. The molecule has 2 bridgehead atoms. The van der Waals surface area contributed by atoms with Gasteiger partial charge in [0.25, 0.3) is 11.8 Å². The fraction of sp³-hybridized carbons (Fsp3) is 0.500. The molecule has 2 amide bonds. The molecule has 1 saturated heterocycles. The van der Waals surface area contributed by atoms with Crippen molar-refractivity contribution in [3.05, 3.63) is 24.3 Å². The first-order chi connectivity index (χ1) is 10.7. The van der Waals surface area contributed by atoms with E-state index in [1.54, 1.807) is 0 Å². The molecular formula is C14H15NO7S. The van der Waals surface area contributed by atoms with Gasteiger partial charge in [0.2, 0.25) is 5.94 Å². The normalized spacial score (nSPS) is 31.6. The summed E-state index contributed by atoms with van der Waals surface area (Å²) in [5, 5.41) is 0.297. The van der Waals surface area contributed by atoms with Crippen molar-refractivity contribution in [1.29, 1.82) is 0 Å². The Morgan fingerprint density at radius 2 is 1.78 bits per heavy atom. The fourth-order valence-electron chi connectivity index (χ4n) is 3.33. The Morgan fingerprint density at radius 3 is 2.26 bits per heavy atom. The zero-order valence-electron chi connectivity index (χ0n) is 12.3. The molecule has 1 aliphatic heterocycles. The first kappa shape index (κ1) is 15.9. The standard InChI is InChI=1S/C14H15NO7S/c1-7(2)14(18)21-6-23(19,20)22-15-12(16)10-8-3-4-9(5-8)11(10)13(15)17/h3-4,8-11H,1,5-6H2,2H3. The number of rotatable bonds is 5. The Kier molecular flexibility index (Phi) is 3.64. The van der Waals surface area contributed by atoms with E-state index in [9.17, 15) is 22.8 Å². The van der Waals surface area contributed by atoms with E-state index < -0.39 is 45.7 Å². The van der Waals surface area contributed by atoms with Gasteiger partial charge in [0.1, 0.15) is 0 Å². The number of fused-ring (bicyclic) bond motifs is 5. The Bertz CT molecular complexity index is 708. The van der Waals surface area contributed by atoms with Crippen molar-refractivity contribution in [1.82, 2.24) is 5.06 Å². The van der Waals surface area contributed by atoms with Gasteiger partial charge in [-0.25, -0.2) is 4.79 Å². The molecule has 0 N–H and O–H groups in total. The van der Waals surface area contributed by atoms with E-state index in [0.717, 1.165) is 6.42 Å². The minimum absolute atomic E-state index is 0.0192. The summed E-state index contributed by atoms with van der Waals surface area (Å²) in [7, 11) is -4.43. The first-order valence-electron chi connectivity index (χ1n) is 7.02. The van der Waals surface area contributed by atoms with Gasteiger partial charge in [-0.1, -0.05) is 18.7 Å². The maximum atomic E-state index is 12.3. The van der Waals surface area contributed by atoms with Crippen molar-refractivity contribution in [2.75, 3.05) is 5.94 Å². The molecule has 4 atom stereocenters. The summed E-state index contributed by atoms with van der Waals surface area (Å²) in [5.74, 6) is -4.57. The Hall–Kier alpha value is -2.00. The van der Waals surface area contributed by atoms with Gasteiger partial charge in [0, 0.05) is 5.57 Å². The molecular weight excluding hydrogens is 326 g/mol. The molecule has 0 aromatic heterocycles. The number of carbonyl (C=O) groups excluding carboxylic acids is 3. The molecule has 4 unspecified atom stereocenters. The van der Waals surface area contributed by atoms with Crippen LogP contribution < -0.4 is 0 Å². The second-order valence-corrected chi connectivity index (χ2v) is 7.43. The van der Waals surface area contributed by atoms with Gasteiger partial charge in [0.05, 0.1) is 11.8 Å². The second-order valence-electron chi connectivity index (χ2n) is 5.93. The van der Waals surface area contributed by atoms with Crippen LogP contribution in [0.5, 0.6) is 0 Å². The highest BCUT2D eigenvalue weighted by Gasteiger charge is 2.60. The molecule has 2 aliphatic carbocycles. The van der Waals surface area contributed by atoms with Crippen molar-refractivity contribution in [3.63, 3.8) is 0 Å². The molecule has 0 radical (unpaired) electrons. The molecule has 0 spiro atoms. The number of hydrogen-bond donors (Lipinski definition) is 0. The maximum Gasteiger partial charge on any atom is 0.334 e. The van der Waals surface area contributed by atoms with Crippen molar-refractivity contribution >= 4 is 27.9 Å². The van der Waals surface area contributed by atoms with E-state index in [1.165, 1.54) is 6.92 Å². The van der Waals surface area contributed by atoms with Crippen LogP contribution in [0.3, 0.4) is 0 Å². The summed E-state index contributed by atoms with van der Waals surface area (Å²) in [5.41, 5.74) is 0.0192. The van der Waals surface area contributed by atoms with E-state index in [2.05, 4.69) is 15.6 Å². The van der Waals surface area contributed by atoms with Crippen LogP contribution in [0.1, 0.15) is 13.3 Å². The number of carbonyl (C=O) groups is 3. The second kappa shape index (κ2) is 5.27. The van der Waals surface area contributed by atoms with Gasteiger partial charge in [-0.05, 0) is 25.2 Å². The predicted molar refractivity (Wildman–Crippen MR) is 75.3 cm³/mol. The van der Waals surface area contributed by atoms with Crippen molar-refractivity contribution in [3.8, 4) is 0 Å². The third kappa shape index (κ3) is 2.59. The van der Waals surface area contributed by atoms with Crippen molar-refractivity contribution in [2.24, 2.45) is 23.7 Å². The van der Waals surface area contributed by atoms with Gasteiger partial charge in [-0.3, -0.25) is 9.59 Å². The monoisotopic (exact) mass is 341 g/mol. The number of imide groups is 1. The van der Waals surface area contributed by atoms with Crippen LogP contribution in [0.4, 0.5) is 0 Å². The summed E-state index contributed by atoms with van der Waals surface area (Å²) in [6.07, 6.45) is 4.48. The average Bonchev–Trinajstić information content (AvgIpc) is 3.14. The van der Waals surface area contributed by atoms with Crippen LogP contribution in [-0.4, -0.2) is 37.2 Å². The molecule has 0 aromatic carbocycles. The van der Waals surface area contributed by atoms with Crippen LogP contribution in [0, 0.1) is 23.7 Å². The van der Waals surface area contributed by atoms with Gasteiger partial charge in [-0.2, -0.15) is 8.42 Å². The van der Waals surface area contributed by atoms with E-state index in [-0.39, 0.29) is 17.4 Å². The van der Waals surface area contributed by atoms with Crippen LogP contribution in [0.2, 0.25) is 0 Å². The first-order valence-corrected chi connectivity index (χ1v) is 8.60. The Labute approximate surface area is 132 Å². The largest absolute Gasteiger partial charge is 0.443 e. The molecule has 2 fully saturated rings. The fourth-order valence-corrected chi connectivity index (χ4v) is 4.00. The molecule has 1 heterocycles. The SMILES string of the molecule is C=C(C)C(=O)OCS(=O)(=O)ON1C(=O)C2C3C=CC(C3)C2C1=O. The summed E-state index contributed by atoms with van der Waals surface area (Å²) in [4.78, 5) is 35.8. The minimum atomic E-state index is -4.43. The highest BCUT2D eigenvalue weighted by atomic mass is 32.2. The highest BCUT2D eigenvalue weighted by Crippen LogP contribution is 2.52. The summed E-state index contributed by atoms with van der Waals surface area (Å²) < 4.78 is 32.7. The molecule has 3 aliphatic rings. The zero-order valence-corrected chi connectivity index (χ0v) is 13.1. The number of amides is 2. The van der Waals surface area contributed by atoms with Gasteiger partial charge >= 0.3 is 16.1 Å².